The quantitative estimate of drug-likeness (QED) is 0.252. The Morgan fingerprint density at radius 3 is 2.21 bits per heavy atom. The minimum Gasteiger partial charge on any atom is -0.489 e. The number of benzene rings is 3. The van der Waals surface area contributed by atoms with Crippen LogP contribution < -0.4 is 10.1 Å². The van der Waals surface area contributed by atoms with Gasteiger partial charge in [-0.15, -0.1) is 0 Å². The molecular formula is C24H17Cl4NO4. The number of anilines is 1. The monoisotopic (exact) mass is 523 g/mol. The molecule has 170 valence electrons. The number of carbonyl (C=O) groups is 2. The van der Waals surface area contributed by atoms with Crippen LogP contribution in [0.3, 0.4) is 0 Å². The first-order valence-corrected chi connectivity index (χ1v) is 11.1. The van der Waals surface area contributed by atoms with Crippen molar-refractivity contribution in [3.05, 3.63) is 98.0 Å². The van der Waals surface area contributed by atoms with E-state index >= 15 is 0 Å². The van der Waals surface area contributed by atoms with E-state index in [1.54, 1.807) is 60.7 Å². The second-order valence-electron chi connectivity index (χ2n) is 6.68. The van der Waals surface area contributed by atoms with Gasteiger partial charge in [-0.25, -0.2) is 4.79 Å². The third-order valence-corrected chi connectivity index (χ3v) is 5.73. The van der Waals surface area contributed by atoms with Crippen molar-refractivity contribution in [1.82, 2.24) is 0 Å². The zero-order valence-electron chi connectivity index (χ0n) is 17.0. The highest BCUT2D eigenvalue weighted by molar-refractivity contribution is 6.42. The molecule has 5 nitrogen and oxygen atoms in total. The van der Waals surface area contributed by atoms with Crippen LogP contribution in [0.15, 0.2) is 66.7 Å². The zero-order chi connectivity index (χ0) is 23.8. The molecule has 0 atom stereocenters. The molecule has 0 aliphatic rings. The van der Waals surface area contributed by atoms with Gasteiger partial charge in [0.2, 0.25) is 0 Å². The molecule has 33 heavy (non-hydrogen) atoms. The summed E-state index contributed by atoms with van der Waals surface area (Å²) in [6.45, 7) is -0.217. The molecule has 0 radical (unpaired) electrons. The molecular weight excluding hydrogens is 508 g/mol. The largest absolute Gasteiger partial charge is 0.489 e. The van der Waals surface area contributed by atoms with E-state index in [4.69, 9.17) is 55.9 Å². The van der Waals surface area contributed by atoms with Gasteiger partial charge in [0.15, 0.2) is 6.61 Å². The van der Waals surface area contributed by atoms with Crippen molar-refractivity contribution < 1.29 is 19.1 Å². The fourth-order valence-electron chi connectivity index (χ4n) is 2.62. The van der Waals surface area contributed by atoms with Crippen molar-refractivity contribution in [2.45, 2.75) is 6.61 Å². The molecule has 3 rings (SSSR count). The van der Waals surface area contributed by atoms with Crippen molar-refractivity contribution >= 4 is 70.0 Å². The molecule has 3 aromatic rings. The first kappa shape index (κ1) is 24.9. The molecule has 0 saturated carbocycles. The predicted molar refractivity (Wildman–Crippen MR) is 132 cm³/mol. The SMILES string of the molecule is O=C(COC(=O)C=Cc1ccc(OCc2c(Cl)cccc2Cl)cc1)Nc1ccc(Cl)c(Cl)c1. The van der Waals surface area contributed by atoms with Gasteiger partial charge in [0.25, 0.3) is 5.91 Å². The molecule has 0 saturated heterocycles. The maximum atomic E-state index is 11.9. The smallest absolute Gasteiger partial charge is 0.331 e. The number of esters is 1. The van der Waals surface area contributed by atoms with Gasteiger partial charge in [-0.2, -0.15) is 0 Å². The summed E-state index contributed by atoms with van der Waals surface area (Å²) in [5.74, 6) is -0.548. The summed E-state index contributed by atoms with van der Waals surface area (Å²) in [6.07, 6.45) is 2.79. The number of rotatable bonds is 8. The summed E-state index contributed by atoms with van der Waals surface area (Å²) < 4.78 is 10.7. The van der Waals surface area contributed by atoms with Crippen LogP contribution in [0.2, 0.25) is 20.1 Å². The van der Waals surface area contributed by atoms with Crippen molar-refractivity contribution in [3.63, 3.8) is 0 Å². The van der Waals surface area contributed by atoms with Crippen LogP contribution in [-0.4, -0.2) is 18.5 Å². The van der Waals surface area contributed by atoms with E-state index in [1.807, 2.05) is 0 Å². The fourth-order valence-corrected chi connectivity index (χ4v) is 3.43. The van der Waals surface area contributed by atoms with Crippen LogP contribution in [0, 0.1) is 0 Å². The van der Waals surface area contributed by atoms with Crippen LogP contribution in [0.1, 0.15) is 11.1 Å². The molecule has 3 aromatic carbocycles. The molecule has 9 heteroatoms. The Morgan fingerprint density at radius 2 is 1.55 bits per heavy atom. The molecule has 0 aliphatic carbocycles. The lowest BCUT2D eigenvalue weighted by molar-refractivity contribution is -0.142. The highest BCUT2D eigenvalue weighted by atomic mass is 35.5. The lowest BCUT2D eigenvalue weighted by Crippen LogP contribution is -2.20. The topological polar surface area (TPSA) is 64.6 Å². The van der Waals surface area contributed by atoms with E-state index in [0.29, 0.717) is 37.1 Å². The molecule has 0 unspecified atom stereocenters. The van der Waals surface area contributed by atoms with Gasteiger partial charge in [0.1, 0.15) is 12.4 Å². The van der Waals surface area contributed by atoms with Gasteiger partial charge in [0.05, 0.1) is 10.0 Å². The van der Waals surface area contributed by atoms with Crippen molar-refractivity contribution in [3.8, 4) is 5.75 Å². The molecule has 0 fully saturated rings. The summed E-state index contributed by atoms with van der Waals surface area (Å²) >= 11 is 24.0. The Labute approximate surface area is 210 Å². The minimum absolute atomic E-state index is 0.226. The van der Waals surface area contributed by atoms with E-state index < -0.39 is 18.5 Å². The number of hydrogen-bond donors (Lipinski definition) is 1. The van der Waals surface area contributed by atoms with Crippen LogP contribution >= 0.6 is 46.4 Å². The summed E-state index contributed by atoms with van der Waals surface area (Å²) in [6, 6.07) is 16.9. The lowest BCUT2D eigenvalue weighted by Gasteiger charge is -2.09. The summed E-state index contributed by atoms with van der Waals surface area (Å²) in [5.41, 5.74) is 1.89. The number of halogens is 4. The Morgan fingerprint density at radius 1 is 0.848 bits per heavy atom. The third kappa shape index (κ3) is 7.69. The van der Waals surface area contributed by atoms with Crippen LogP contribution in [0.4, 0.5) is 5.69 Å². The molecule has 0 aliphatic heterocycles. The minimum atomic E-state index is -0.659. The first-order valence-electron chi connectivity index (χ1n) is 9.57. The Bertz CT molecular complexity index is 1160. The fraction of sp³-hybridized carbons (Fsp3) is 0.0833. The van der Waals surface area contributed by atoms with Gasteiger partial charge >= 0.3 is 5.97 Å². The van der Waals surface area contributed by atoms with E-state index in [1.165, 1.54) is 12.1 Å². The van der Waals surface area contributed by atoms with E-state index in [0.717, 1.165) is 5.56 Å². The number of nitrogens with one attached hydrogen (secondary N) is 1. The van der Waals surface area contributed by atoms with Gasteiger partial charge in [-0.05, 0) is 54.1 Å². The van der Waals surface area contributed by atoms with Crippen LogP contribution in [0.5, 0.6) is 5.75 Å². The average molecular weight is 525 g/mol. The number of hydrogen-bond acceptors (Lipinski definition) is 4. The van der Waals surface area contributed by atoms with Crippen molar-refractivity contribution in [1.29, 1.82) is 0 Å². The molecule has 1 amide bonds. The molecule has 0 spiro atoms. The predicted octanol–water partition coefficient (Wildman–Crippen LogP) is 7.07. The number of carbonyl (C=O) groups excluding carboxylic acids is 2. The number of amides is 1. The molecule has 0 bridgehead atoms. The van der Waals surface area contributed by atoms with Crippen LogP contribution in [-0.2, 0) is 20.9 Å². The second kappa shape index (κ2) is 12.0. The standard InChI is InChI=1S/C24H17Cl4NO4/c25-19-2-1-3-20(26)18(19)13-32-17-8-4-15(5-9-17)6-11-24(31)33-14-23(30)29-16-7-10-21(27)22(28)12-16/h1-12H,13-14H2,(H,29,30). The normalized spacial score (nSPS) is 10.8. The summed E-state index contributed by atoms with van der Waals surface area (Å²) in [7, 11) is 0. The highest BCUT2D eigenvalue weighted by Gasteiger charge is 2.08. The Hall–Kier alpha value is -2.70. The lowest BCUT2D eigenvalue weighted by atomic mass is 10.2. The highest BCUT2D eigenvalue weighted by Crippen LogP contribution is 2.26. The van der Waals surface area contributed by atoms with E-state index in [-0.39, 0.29) is 6.61 Å². The Kier molecular flexibility index (Phi) is 9.03. The van der Waals surface area contributed by atoms with Crippen LogP contribution in [0.25, 0.3) is 6.08 Å². The van der Waals surface area contributed by atoms with Gasteiger partial charge in [0, 0.05) is 27.4 Å². The maximum absolute atomic E-state index is 11.9. The Balaban J connectivity index is 1.45. The second-order valence-corrected chi connectivity index (χ2v) is 8.30. The zero-order valence-corrected chi connectivity index (χ0v) is 20.0. The van der Waals surface area contributed by atoms with Crippen molar-refractivity contribution in [2.24, 2.45) is 0 Å². The molecule has 0 aromatic heterocycles. The van der Waals surface area contributed by atoms with Gasteiger partial charge in [-0.1, -0.05) is 64.6 Å². The van der Waals surface area contributed by atoms with Gasteiger partial charge in [-0.3, -0.25) is 4.79 Å². The summed E-state index contributed by atoms with van der Waals surface area (Å²) in [4.78, 5) is 23.8. The maximum Gasteiger partial charge on any atom is 0.331 e. The summed E-state index contributed by atoms with van der Waals surface area (Å²) in [5, 5.41) is 4.30. The van der Waals surface area contributed by atoms with Crippen molar-refractivity contribution in [2.75, 3.05) is 11.9 Å². The number of ether oxygens (including phenoxy) is 2. The van der Waals surface area contributed by atoms with E-state index in [9.17, 15) is 9.59 Å². The average Bonchev–Trinajstić information content (AvgIpc) is 2.79. The first-order chi connectivity index (χ1) is 15.8. The third-order valence-electron chi connectivity index (χ3n) is 4.29. The molecule has 1 N–H and O–H groups in total. The van der Waals surface area contributed by atoms with Gasteiger partial charge < -0.3 is 14.8 Å². The van der Waals surface area contributed by atoms with E-state index in [2.05, 4.69) is 5.32 Å². The molecule has 0 heterocycles.